The van der Waals surface area contributed by atoms with Crippen molar-refractivity contribution in [3.63, 3.8) is 0 Å². The molecule has 5 atom stereocenters. The summed E-state index contributed by atoms with van der Waals surface area (Å²) in [5, 5.41) is 12.5. The van der Waals surface area contributed by atoms with Gasteiger partial charge in [0.05, 0.1) is 24.6 Å². The standard InChI is InChI=1S/C41H55N7O9S3/c1-23(2)42-38-44-31(22-59-38)30-17-24-16-26(55-6)11-14-29(24)35(43-30)56-27-18-33-34(49)46-41(37(51)47-60(53,54)28-12-13-28)19-25(41)10-8-7-9-15-58-21-32(36(50)48(33)20-27)45-39(52)57-40(3,4)5/h11,14,16-17,22-23,25,27-28,32-33H,7-10,12-13,15,18-21H2,1-6H3,(H,42,44)(H,45,52)(H,46,49)(H,47,51)/t25-,27-,32+,33+,41-/m1/s1. The fraction of sp³-hybridized carbons (Fsp3) is 0.610. The van der Waals surface area contributed by atoms with Crippen LogP contribution < -0.4 is 30.1 Å². The van der Waals surface area contributed by atoms with E-state index in [2.05, 4.69) is 20.7 Å². The normalized spacial score (nSPS) is 25.3. The first kappa shape index (κ1) is 43.7. The first-order valence-corrected chi connectivity index (χ1v) is 24.2. The van der Waals surface area contributed by atoms with Crippen LogP contribution in [0.3, 0.4) is 0 Å². The summed E-state index contributed by atoms with van der Waals surface area (Å²) < 4.78 is 45.9. The molecule has 4 amide bonds. The molecule has 2 saturated heterocycles. The molecule has 16 nitrogen and oxygen atoms in total. The number of anilines is 1. The second-order valence-corrected chi connectivity index (χ2v) is 21.3. The summed E-state index contributed by atoms with van der Waals surface area (Å²) in [5.41, 5.74) is -1.09. The first-order chi connectivity index (χ1) is 28.4. The zero-order valence-electron chi connectivity index (χ0n) is 34.9. The number of rotatable bonds is 10. The van der Waals surface area contributed by atoms with Crippen molar-refractivity contribution in [3.8, 4) is 23.0 Å². The molecule has 0 radical (unpaired) electrons. The van der Waals surface area contributed by atoms with Gasteiger partial charge in [-0.1, -0.05) is 12.8 Å². The molecule has 4 heterocycles. The highest BCUT2D eigenvalue weighted by molar-refractivity contribution is 7.99. The zero-order chi connectivity index (χ0) is 43.0. The topological polar surface area (TPSA) is 207 Å². The summed E-state index contributed by atoms with van der Waals surface area (Å²) in [5.74, 6) is -0.306. The molecule has 326 valence electrons. The van der Waals surface area contributed by atoms with Gasteiger partial charge in [0.25, 0.3) is 5.91 Å². The number of thioether (sulfide) groups is 1. The maximum Gasteiger partial charge on any atom is 0.408 e. The first-order valence-electron chi connectivity index (χ1n) is 20.6. The van der Waals surface area contributed by atoms with Gasteiger partial charge in [-0.2, -0.15) is 11.8 Å². The number of methoxy groups -OCH3 is 1. The largest absolute Gasteiger partial charge is 0.497 e. The van der Waals surface area contributed by atoms with Gasteiger partial charge in [-0.3, -0.25) is 19.1 Å². The van der Waals surface area contributed by atoms with Crippen LogP contribution in [-0.4, -0.2) is 113 Å². The number of sulfonamides is 1. The fourth-order valence-electron chi connectivity index (χ4n) is 7.74. The average molecular weight is 886 g/mol. The van der Waals surface area contributed by atoms with Gasteiger partial charge < -0.3 is 35.1 Å². The Balaban J connectivity index is 1.22. The third-order valence-corrected chi connectivity index (χ3v) is 14.7. The fourth-order valence-corrected chi connectivity index (χ4v) is 11.0. The summed E-state index contributed by atoms with van der Waals surface area (Å²) in [4.78, 5) is 67.4. The number of nitrogens with one attached hydrogen (secondary N) is 4. The Morgan fingerprint density at radius 1 is 1.05 bits per heavy atom. The van der Waals surface area contributed by atoms with Crippen LogP contribution in [0.25, 0.3) is 22.2 Å². The summed E-state index contributed by atoms with van der Waals surface area (Å²) >= 11 is 2.98. The number of fused-ring (bicyclic) bond motifs is 3. The van der Waals surface area contributed by atoms with Gasteiger partial charge in [-0.15, -0.1) is 11.3 Å². The number of carbonyl (C=O) groups is 4. The van der Waals surface area contributed by atoms with Crippen LogP contribution in [0.1, 0.15) is 86.0 Å². The van der Waals surface area contributed by atoms with Crippen molar-refractivity contribution in [1.82, 2.24) is 30.2 Å². The minimum absolute atomic E-state index is 0.0231. The number of ether oxygens (including phenoxy) is 3. The molecule has 4 N–H and O–H groups in total. The summed E-state index contributed by atoms with van der Waals surface area (Å²) in [7, 11) is -2.31. The molecule has 2 aliphatic carbocycles. The second-order valence-electron chi connectivity index (χ2n) is 17.4. The van der Waals surface area contributed by atoms with Gasteiger partial charge in [-0.05, 0) is 108 Å². The van der Waals surface area contributed by atoms with Crippen molar-refractivity contribution in [2.75, 3.05) is 30.5 Å². The SMILES string of the molecule is COc1ccc2c(O[C@@H]3C[C@H]4C(=O)N[C@]5(C(=O)NS(=O)(=O)C6CC6)C[C@H]5CCCCCSC[C@H](NC(=O)OC(C)(C)C)C(=O)N4C3)nc(-c3csc(NC(C)C)n3)cc2c1. The van der Waals surface area contributed by atoms with Gasteiger partial charge in [0.2, 0.25) is 27.7 Å². The van der Waals surface area contributed by atoms with Crippen LogP contribution in [-0.2, 0) is 29.1 Å². The van der Waals surface area contributed by atoms with E-state index in [9.17, 15) is 27.6 Å². The Labute approximate surface area is 359 Å². The molecule has 2 aliphatic heterocycles. The van der Waals surface area contributed by atoms with E-state index in [4.69, 9.17) is 24.2 Å². The lowest BCUT2D eigenvalue weighted by Crippen LogP contribution is -2.58. The van der Waals surface area contributed by atoms with E-state index in [0.717, 1.165) is 35.5 Å². The van der Waals surface area contributed by atoms with Crippen LogP contribution in [0.4, 0.5) is 9.93 Å². The van der Waals surface area contributed by atoms with E-state index in [1.54, 1.807) is 33.9 Å². The molecule has 2 aromatic heterocycles. The van der Waals surface area contributed by atoms with Crippen LogP contribution in [0.5, 0.6) is 11.6 Å². The van der Waals surface area contributed by atoms with Gasteiger partial charge in [-0.25, -0.2) is 23.2 Å². The summed E-state index contributed by atoms with van der Waals surface area (Å²) in [6.07, 6.45) is 2.80. The lowest BCUT2D eigenvalue weighted by atomic mass is 10.1. The number of alkyl carbamates (subject to hydrolysis) is 1. The molecule has 3 aromatic rings. The minimum atomic E-state index is -3.89. The number of nitrogens with zero attached hydrogens (tertiary/aromatic N) is 3. The smallest absolute Gasteiger partial charge is 0.408 e. The van der Waals surface area contributed by atoms with Gasteiger partial charge >= 0.3 is 6.09 Å². The van der Waals surface area contributed by atoms with Crippen molar-refractivity contribution >= 4 is 72.8 Å². The zero-order valence-corrected chi connectivity index (χ0v) is 37.3. The highest BCUT2D eigenvalue weighted by Gasteiger charge is 2.62. The van der Waals surface area contributed by atoms with E-state index < -0.39 is 68.4 Å². The Morgan fingerprint density at radius 3 is 2.55 bits per heavy atom. The van der Waals surface area contributed by atoms with E-state index >= 15 is 0 Å². The Hall–Kier alpha value is -4.36. The van der Waals surface area contributed by atoms with E-state index in [1.165, 1.54) is 28.0 Å². The van der Waals surface area contributed by atoms with Crippen molar-refractivity contribution in [2.24, 2.45) is 5.92 Å². The molecule has 4 fully saturated rings. The molecule has 0 bridgehead atoms. The van der Waals surface area contributed by atoms with Crippen molar-refractivity contribution in [1.29, 1.82) is 0 Å². The molecule has 19 heteroatoms. The van der Waals surface area contributed by atoms with Gasteiger partial charge in [0, 0.05) is 29.0 Å². The number of aromatic nitrogens is 2. The molecule has 1 aromatic carbocycles. The molecule has 0 spiro atoms. The number of amides is 4. The number of hydrogen-bond acceptors (Lipinski definition) is 14. The molecular formula is C41H55N7O9S3. The molecular weight excluding hydrogens is 831 g/mol. The van der Waals surface area contributed by atoms with Crippen LogP contribution in [0, 0.1) is 5.92 Å². The number of thiazole rings is 1. The van der Waals surface area contributed by atoms with Gasteiger partial charge in [0.15, 0.2) is 5.13 Å². The monoisotopic (exact) mass is 885 g/mol. The van der Waals surface area contributed by atoms with Crippen LogP contribution in [0.2, 0.25) is 0 Å². The molecule has 0 unspecified atom stereocenters. The molecule has 4 aliphatic rings. The third-order valence-electron chi connectivity index (χ3n) is 11.0. The second kappa shape index (κ2) is 17.6. The Bertz CT molecular complexity index is 2230. The lowest BCUT2D eigenvalue weighted by molar-refractivity contribution is -0.140. The van der Waals surface area contributed by atoms with Crippen LogP contribution in [0.15, 0.2) is 29.6 Å². The molecule has 7 rings (SSSR count). The van der Waals surface area contributed by atoms with Crippen LogP contribution >= 0.6 is 23.1 Å². The van der Waals surface area contributed by atoms with E-state index in [0.29, 0.717) is 41.8 Å². The number of carbonyl (C=O) groups excluding carboxylic acids is 4. The highest BCUT2D eigenvalue weighted by Crippen LogP contribution is 2.48. The highest BCUT2D eigenvalue weighted by atomic mass is 32.2. The van der Waals surface area contributed by atoms with Gasteiger partial charge in [0.1, 0.15) is 40.8 Å². The predicted octanol–water partition coefficient (Wildman–Crippen LogP) is 5.22. The minimum Gasteiger partial charge on any atom is -0.497 e. The van der Waals surface area contributed by atoms with Crippen molar-refractivity contribution in [3.05, 3.63) is 29.6 Å². The number of benzene rings is 1. The molecule has 60 heavy (non-hydrogen) atoms. The summed E-state index contributed by atoms with van der Waals surface area (Å²) in [6, 6.07) is 5.39. The quantitative estimate of drug-likeness (QED) is 0.206. The maximum atomic E-state index is 14.7. The Kier molecular flexibility index (Phi) is 12.8. The lowest BCUT2D eigenvalue weighted by Gasteiger charge is -2.30. The summed E-state index contributed by atoms with van der Waals surface area (Å²) in [6.45, 7) is 9.20. The number of pyridine rings is 1. The van der Waals surface area contributed by atoms with E-state index in [1.807, 2.05) is 37.4 Å². The molecule has 2 saturated carbocycles. The third kappa shape index (κ3) is 10.2. The van der Waals surface area contributed by atoms with Crippen molar-refractivity contribution < 1.29 is 41.8 Å². The van der Waals surface area contributed by atoms with E-state index in [-0.39, 0.29) is 43.0 Å². The maximum absolute atomic E-state index is 14.7. The number of hydrogen-bond donors (Lipinski definition) is 4. The average Bonchev–Trinajstić information content (AvgIpc) is 4.06. The Morgan fingerprint density at radius 2 is 1.83 bits per heavy atom. The predicted molar refractivity (Wildman–Crippen MR) is 231 cm³/mol. The van der Waals surface area contributed by atoms with Crippen molar-refractivity contribution in [2.45, 2.75) is 127 Å².